The van der Waals surface area contributed by atoms with E-state index in [2.05, 4.69) is 6.58 Å². The Morgan fingerprint density at radius 3 is 2.44 bits per heavy atom. The summed E-state index contributed by atoms with van der Waals surface area (Å²) in [6, 6.07) is -1.38. The maximum absolute atomic E-state index is 11.3. The lowest BCUT2D eigenvalue weighted by Crippen LogP contribution is -2.49. The van der Waals surface area contributed by atoms with Crippen molar-refractivity contribution in [1.82, 2.24) is 4.90 Å². The number of aliphatic hydroxyl groups excluding tert-OH is 2. The molecule has 1 heterocycles. The van der Waals surface area contributed by atoms with Crippen LogP contribution in [0.3, 0.4) is 0 Å². The van der Waals surface area contributed by atoms with Crippen LogP contribution in [-0.2, 0) is 4.79 Å². The van der Waals surface area contributed by atoms with Crippen LogP contribution in [0, 0.1) is 5.41 Å². The van der Waals surface area contributed by atoms with Gasteiger partial charge in [-0.15, -0.1) is 6.58 Å². The molecule has 0 aromatic rings. The molecule has 3 atom stereocenters. The van der Waals surface area contributed by atoms with Crippen molar-refractivity contribution in [2.24, 2.45) is 5.41 Å². The van der Waals surface area contributed by atoms with Crippen molar-refractivity contribution in [2.75, 3.05) is 13.2 Å². The molecule has 0 saturated carbocycles. The van der Waals surface area contributed by atoms with Crippen molar-refractivity contribution in [1.29, 1.82) is 0 Å². The third kappa shape index (κ3) is 2.19. The lowest BCUT2D eigenvalue weighted by atomic mass is 9.73. The highest BCUT2D eigenvalue weighted by Gasteiger charge is 2.57. The van der Waals surface area contributed by atoms with Gasteiger partial charge in [0.05, 0.1) is 12.6 Å². The summed E-state index contributed by atoms with van der Waals surface area (Å²) in [5.74, 6) is -1.33. The van der Waals surface area contributed by atoms with Crippen LogP contribution in [0.4, 0.5) is 4.79 Å². The number of nitrogens with zero attached hydrogens (tertiary/aromatic N) is 1. The normalized spacial score (nSPS) is 31.3. The average molecular weight is 259 g/mol. The van der Waals surface area contributed by atoms with E-state index >= 15 is 0 Å². The smallest absolute Gasteiger partial charge is 0.408 e. The minimum absolute atomic E-state index is 0.000926. The van der Waals surface area contributed by atoms with Gasteiger partial charge in [0.2, 0.25) is 0 Å². The molecule has 0 spiro atoms. The van der Waals surface area contributed by atoms with Crippen LogP contribution in [0.25, 0.3) is 0 Å². The van der Waals surface area contributed by atoms with E-state index < -0.39 is 29.6 Å². The van der Waals surface area contributed by atoms with Gasteiger partial charge in [-0.3, -0.25) is 4.90 Å². The summed E-state index contributed by atoms with van der Waals surface area (Å²) in [7, 11) is 0. The molecule has 1 rings (SSSR count). The summed E-state index contributed by atoms with van der Waals surface area (Å²) in [6.45, 7) is 2.89. The second-order valence-corrected chi connectivity index (χ2v) is 4.39. The largest absolute Gasteiger partial charge is 0.480 e. The Labute approximate surface area is 104 Å². The van der Waals surface area contributed by atoms with Crippen LogP contribution in [-0.4, -0.2) is 62.7 Å². The molecule has 0 aromatic heterocycles. The number of β-amino-alcohol motifs (C(OH)–C–C–N with tert-alkyl or cyclic N) is 1. The Kier molecular flexibility index (Phi) is 4.31. The van der Waals surface area contributed by atoms with Crippen LogP contribution in [0.1, 0.15) is 12.8 Å². The van der Waals surface area contributed by atoms with Gasteiger partial charge in [-0.2, -0.15) is 0 Å². The van der Waals surface area contributed by atoms with Crippen LogP contribution in [0.5, 0.6) is 0 Å². The molecule has 2 unspecified atom stereocenters. The van der Waals surface area contributed by atoms with E-state index in [9.17, 15) is 19.8 Å². The Bertz CT molecular complexity index is 357. The van der Waals surface area contributed by atoms with E-state index in [-0.39, 0.29) is 26.0 Å². The summed E-state index contributed by atoms with van der Waals surface area (Å²) < 4.78 is 0. The minimum atomic E-state index is -1.40. The zero-order chi connectivity index (χ0) is 13.9. The van der Waals surface area contributed by atoms with Gasteiger partial charge < -0.3 is 20.4 Å². The number of amides is 1. The predicted octanol–water partition coefficient (Wildman–Crippen LogP) is -0.261. The molecule has 0 aliphatic carbocycles. The van der Waals surface area contributed by atoms with Gasteiger partial charge in [0, 0.05) is 12.0 Å². The van der Waals surface area contributed by atoms with E-state index in [0.29, 0.717) is 4.90 Å². The fraction of sp³-hybridized carbons (Fsp3) is 0.636. The number of aliphatic hydroxyl groups is 2. The standard InChI is InChI=1S/C11H17NO6/c1-2-3-11(4-5-13)7(14)6-12(10(17)18)8(11)9(15)16/h2,7-8,13-14H,1,3-6H2,(H,15,16)(H,17,18)/t7?,8-,11?/m1/s1. The first-order valence-corrected chi connectivity index (χ1v) is 5.53. The molecule has 4 N–H and O–H groups in total. The van der Waals surface area contributed by atoms with Gasteiger partial charge >= 0.3 is 12.1 Å². The molecule has 0 bridgehead atoms. The number of hydrogen-bond acceptors (Lipinski definition) is 4. The maximum Gasteiger partial charge on any atom is 0.408 e. The fourth-order valence-corrected chi connectivity index (χ4v) is 2.66. The van der Waals surface area contributed by atoms with Gasteiger partial charge in [0.15, 0.2) is 0 Å². The van der Waals surface area contributed by atoms with Crippen LogP contribution in [0.15, 0.2) is 12.7 Å². The number of carboxylic acids is 1. The van der Waals surface area contributed by atoms with Crippen LogP contribution >= 0.6 is 0 Å². The second-order valence-electron chi connectivity index (χ2n) is 4.39. The topological polar surface area (TPSA) is 118 Å². The summed E-state index contributed by atoms with van der Waals surface area (Å²) in [5, 5.41) is 37.3. The Balaban J connectivity index is 3.22. The molecule has 1 aliphatic heterocycles. The Morgan fingerprint density at radius 1 is 1.44 bits per heavy atom. The molecule has 1 aliphatic rings. The zero-order valence-electron chi connectivity index (χ0n) is 9.82. The van der Waals surface area contributed by atoms with Crippen molar-refractivity contribution in [3.8, 4) is 0 Å². The highest BCUT2D eigenvalue weighted by Crippen LogP contribution is 2.43. The number of likely N-dealkylation sites (tertiary alicyclic amines) is 1. The third-order valence-electron chi connectivity index (χ3n) is 3.47. The molecule has 0 aromatic carbocycles. The fourth-order valence-electron chi connectivity index (χ4n) is 2.66. The number of carbonyl (C=O) groups is 2. The van der Waals surface area contributed by atoms with Gasteiger partial charge in [0.25, 0.3) is 0 Å². The molecular formula is C11H17NO6. The second kappa shape index (κ2) is 5.36. The monoisotopic (exact) mass is 259 g/mol. The summed E-state index contributed by atoms with van der Waals surface area (Å²) in [4.78, 5) is 23.0. The number of aliphatic carboxylic acids is 1. The quantitative estimate of drug-likeness (QED) is 0.505. The van der Waals surface area contributed by atoms with Crippen LogP contribution in [0.2, 0.25) is 0 Å². The SMILES string of the molecule is C=CCC1(CCO)C(O)CN(C(=O)O)[C@@H]1C(=O)O. The van der Waals surface area contributed by atoms with Gasteiger partial charge in [0.1, 0.15) is 6.04 Å². The summed E-state index contributed by atoms with van der Waals surface area (Å²) >= 11 is 0. The minimum Gasteiger partial charge on any atom is -0.480 e. The summed E-state index contributed by atoms with van der Waals surface area (Å²) in [5.41, 5.74) is -1.22. The third-order valence-corrected chi connectivity index (χ3v) is 3.47. The molecular weight excluding hydrogens is 242 g/mol. The molecule has 7 nitrogen and oxygen atoms in total. The van der Waals surface area contributed by atoms with Gasteiger partial charge in [-0.1, -0.05) is 6.08 Å². The highest BCUT2D eigenvalue weighted by atomic mass is 16.4. The Morgan fingerprint density at radius 2 is 2.06 bits per heavy atom. The summed E-state index contributed by atoms with van der Waals surface area (Å²) in [6.07, 6.45) is -0.985. The van der Waals surface area contributed by atoms with Crippen LogP contribution < -0.4 is 0 Å². The molecule has 102 valence electrons. The number of carboxylic acid groups (broad SMARTS) is 2. The van der Waals surface area contributed by atoms with Gasteiger partial charge in [-0.05, 0) is 12.8 Å². The molecule has 7 heteroatoms. The molecule has 18 heavy (non-hydrogen) atoms. The first-order chi connectivity index (χ1) is 8.40. The van der Waals surface area contributed by atoms with Crippen molar-refractivity contribution in [2.45, 2.75) is 25.0 Å². The molecule has 0 radical (unpaired) electrons. The van der Waals surface area contributed by atoms with Crippen molar-refractivity contribution in [3.63, 3.8) is 0 Å². The van der Waals surface area contributed by atoms with Crippen molar-refractivity contribution >= 4 is 12.1 Å². The lowest BCUT2D eigenvalue weighted by molar-refractivity contribution is -0.146. The van der Waals surface area contributed by atoms with E-state index in [1.165, 1.54) is 6.08 Å². The van der Waals surface area contributed by atoms with Gasteiger partial charge in [-0.25, -0.2) is 9.59 Å². The highest BCUT2D eigenvalue weighted by molar-refractivity contribution is 5.81. The Hall–Kier alpha value is -1.60. The van der Waals surface area contributed by atoms with Crippen molar-refractivity contribution in [3.05, 3.63) is 12.7 Å². The average Bonchev–Trinajstić information content (AvgIpc) is 2.54. The van der Waals surface area contributed by atoms with E-state index in [1.807, 2.05) is 0 Å². The lowest BCUT2D eigenvalue weighted by Gasteiger charge is -2.35. The number of rotatable bonds is 5. The number of hydrogen-bond donors (Lipinski definition) is 4. The maximum atomic E-state index is 11.3. The first-order valence-electron chi connectivity index (χ1n) is 5.53. The first kappa shape index (κ1) is 14.5. The number of allylic oxidation sites excluding steroid dienone is 1. The molecule has 1 fully saturated rings. The zero-order valence-corrected chi connectivity index (χ0v) is 9.82. The molecule has 1 amide bonds. The van der Waals surface area contributed by atoms with E-state index in [4.69, 9.17) is 10.2 Å². The predicted molar refractivity (Wildman–Crippen MR) is 61.1 cm³/mol. The van der Waals surface area contributed by atoms with Crippen molar-refractivity contribution < 1.29 is 30.0 Å². The molecule has 1 saturated heterocycles. The van der Waals surface area contributed by atoms with E-state index in [0.717, 1.165) is 0 Å². The van der Waals surface area contributed by atoms with E-state index in [1.54, 1.807) is 0 Å².